The molecule has 0 saturated carbocycles. The Kier molecular flexibility index (Phi) is 4.88. The average Bonchev–Trinajstić information content (AvgIpc) is 2.62. The van der Waals surface area contributed by atoms with E-state index in [1.54, 1.807) is 13.0 Å². The van der Waals surface area contributed by atoms with Gasteiger partial charge in [0.25, 0.3) is 5.91 Å². The van der Waals surface area contributed by atoms with Crippen LogP contribution in [-0.4, -0.2) is 25.0 Å². The van der Waals surface area contributed by atoms with Crippen LogP contribution in [0.1, 0.15) is 28.4 Å². The highest BCUT2D eigenvalue weighted by molar-refractivity contribution is 6.04. The van der Waals surface area contributed by atoms with Gasteiger partial charge in [0.1, 0.15) is 29.6 Å². The molecule has 1 heterocycles. The molecular weight excluding hydrogens is 354 g/mol. The van der Waals surface area contributed by atoms with Gasteiger partial charge in [-0.3, -0.25) is 9.79 Å². The van der Waals surface area contributed by atoms with Crippen LogP contribution in [0.4, 0.5) is 14.5 Å². The number of aliphatic imine (C=N–C) groups is 1. The van der Waals surface area contributed by atoms with Gasteiger partial charge < -0.3 is 15.8 Å². The van der Waals surface area contributed by atoms with Gasteiger partial charge in [0, 0.05) is 11.3 Å². The lowest BCUT2D eigenvalue weighted by Crippen LogP contribution is -2.38. The fourth-order valence-electron chi connectivity index (χ4n) is 2.86. The first-order chi connectivity index (χ1) is 12.8. The van der Waals surface area contributed by atoms with E-state index in [1.807, 2.05) is 0 Å². The second kappa shape index (κ2) is 7.13. The van der Waals surface area contributed by atoms with Crippen molar-refractivity contribution in [2.75, 3.05) is 18.5 Å². The average molecular weight is 370 g/mol. The van der Waals surface area contributed by atoms with E-state index in [0.29, 0.717) is 0 Å². The molecule has 1 amide bonds. The molecule has 0 saturated heterocycles. The number of nitrogens with two attached hydrogens (primary N) is 1. The molecule has 138 valence electrons. The molecule has 1 aliphatic rings. The Morgan fingerprint density at radius 1 is 1.30 bits per heavy atom. The quantitative estimate of drug-likeness (QED) is 0.867. The van der Waals surface area contributed by atoms with Gasteiger partial charge >= 0.3 is 0 Å². The van der Waals surface area contributed by atoms with E-state index in [1.165, 1.54) is 30.3 Å². The number of hydrogen-bond acceptors (Lipinski definition) is 5. The summed E-state index contributed by atoms with van der Waals surface area (Å²) < 4.78 is 33.7. The van der Waals surface area contributed by atoms with Crippen LogP contribution in [0, 0.1) is 23.0 Å². The summed E-state index contributed by atoms with van der Waals surface area (Å²) in [6, 6.07) is 9.29. The molecule has 0 aromatic heterocycles. The number of benzene rings is 2. The van der Waals surface area contributed by atoms with Gasteiger partial charge in [-0.25, -0.2) is 8.78 Å². The van der Waals surface area contributed by atoms with Crippen molar-refractivity contribution >= 4 is 17.4 Å². The van der Waals surface area contributed by atoms with Crippen LogP contribution < -0.4 is 11.1 Å². The van der Waals surface area contributed by atoms with E-state index in [2.05, 4.69) is 10.3 Å². The Labute approximate surface area is 154 Å². The minimum Gasteiger partial charge on any atom is -0.386 e. The molecule has 1 atom stereocenters. The van der Waals surface area contributed by atoms with E-state index in [4.69, 9.17) is 15.7 Å². The zero-order chi connectivity index (χ0) is 19.6. The maximum atomic E-state index is 14.4. The largest absolute Gasteiger partial charge is 0.386 e. The van der Waals surface area contributed by atoms with E-state index < -0.39 is 23.1 Å². The summed E-state index contributed by atoms with van der Waals surface area (Å²) in [5.41, 5.74) is 5.01. The molecule has 3 N–H and O–H groups in total. The molecular formula is C19H16F2N4O2. The number of nitrogens with zero attached hydrogens (tertiary/aromatic N) is 2. The van der Waals surface area contributed by atoms with E-state index in [9.17, 15) is 13.6 Å². The Morgan fingerprint density at radius 2 is 2.07 bits per heavy atom. The molecule has 8 heteroatoms. The predicted octanol–water partition coefficient (Wildman–Crippen LogP) is 2.69. The summed E-state index contributed by atoms with van der Waals surface area (Å²) in [5, 5.41) is 11.3. The monoisotopic (exact) mass is 370 g/mol. The maximum Gasteiger partial charge on any atom is 0.258 e. The second-order valence-electron chi connectivity index (χ2n) is 6.32. The van der Waals surface area contributed by atoms with Crippen molar-refractivity contribution < 1.29 is 18.3 Å². The Hall–Kier alpha value is -3.31. The van der Waals surface area contributed by atoms with Crippen LogP contribution in [-0.2, 0) is 10.3 Å². The van der Waals surface area contributed by atoms with Crippen LogP contribution in [0.15, 0.2) is 41.4 Å². The fourth-order valence-corrected chi connectivity index (χ4v) is 2.86. The molecule has 6 nitrogen and oxygen atoms in total. The summed E-state index contributed by atoms with van der Waals surface area (Å²) >= 11 is 0. The van der Waals surface area contributed by atoms with Crippen LogP contribution in [0.2, 0.25) is 0 Å². The van der Waals surface area contributed by atoms with Crippen LogP contribution in [0.3, 0.4) is 0 Å². The smallest absolute Gasteiger partial charge is 0.258 e. The van der Waals surface area contributed by atoms with Crippen molar-refractivity contribution in [3.05, 3.63) is 64.7 Å². The SMILES string of the molecule is C[C@@]1(c2cc(NC(=O)c3ccc(C#N)cc3F)ccc2F)COCC(N)=N1. The van der Waals surface area contributed by atoms with E-state index in [-0.39, 0.29) is 41.4 Å². The number of amides is 1. The van der Waals surface area contributed by atoms with Crippen LogP contribution in [0.25, 0.3) is 0 Å². The molecule has 2 aromatic rings. The standard InChI is InChI=1S/C19H16F2N4O2/c1-19(10-27-9-17(23)25-19)14-7-12(3-5-15(14)20)24-18(26)13-4-2-11(8-22)6-16(13)21/h2-7H,9-10H2,1H3,(H2,23,25)(H,24,26)/t19-/m0/s1. The topological polar surface area (TPSA) is 100 Å². The zero-order valence-corrected chi connectivity index (χ0v) is 14.4. The minimum atomic E-state index is -1.03. The molecule has 1 aliphatic heterocycles. The van der Waals surface area contributed by atoms with E-state index >= 15 is 0 Å². The summed E-state index contributed by atoms with van der Waals surface area (Å²) in [5.74, 6) is -1.82. The predicted molar refractivity (Wildman–Crippen MR) is 95.3 cm³/mol. The molecule has 0 radical (unpaired) electrons. The van der Waals surface area contributed by atoms with Crippen LogP contribution >= 0.6 is 0 Å². The van der Waals surface area contributed by atoms with Gasteiger partial charge in [0.05, 0.1) is 23.8 Å². The highest BCUT2D eigenvalue weighted by Crippen LogP contribution is 2.32. The van der Waals surface area contributed by atoms with Gasteiger partial charge in [0.15, 0.2) is 0 Å². The number of nitrogens with one attached hydrogen (secondary N) is 1. The number of carbonyl (C=O) groups is 1. The normalized spacial score (nSPS) is 19.1. The zero-order valence-electron chi connectivity index (χ0n) is 14.4. The molecule has 0 aliphatic carbocycles. The number of ether oxygens (including phenoxy) is 1. The fraction of sp³-hybridized carbons (Fsp3) is 0.211. The van der Waals surface area contributed by atoms with Gasteiger partial charge in [-0.05, 0) is 43.3 Å². The lowest BCUT2D eigenvalue weighted by atomic mass is 9.91. The van der Waals surface area contributed by atoms with Crippen molar-refractivity contribution in [3.63, 3.8) is 0 Å². The summed E-state index contributed by atoms with van der Waals surface area (Å²) in [7, 11) is 0. The first kappa shape index (κ1) is 18.5. The van der Waals surface area contributed by atoms with Crippen LogP contribution in [0.5, 0.6) is 0 Å². The van der Waals surface area contributed by atoms with Gasteiger partial charge in [-0.2, -0.15) is 5.26 Å². The molecule has 3 rings (SSSR count). The molecule has 0 unspecified atom stereocenters. The van der Waals surface area contributed by atoms with Gasteiger partial charge in [-0.15, -0.1) is 0 Å². The Bertz CT molecular complexity index is 984. The lowest BCUT2D eigenvalue weighted by molar-refractivity contribution is 0.102. The minimum absolute atomic E-state index is 0.105. The van der Waals surface area contributed by atoms with Gasteiger partial charge in [-0.1, -0.05) is 0 Å². The molecule has 0 fully saturated rings. The summed E-state index contributed by atoms with van der Waals surface area (Å²) in [6.45, 7) is 1.97. The summed E-state index contributed by atoms with van der Waals surface area (Å²) in [6.07, 6.45) is 0. The third-order valence-corrected chi connectivity index (χ3v) is 4.17. The molecule has 27 heavy (non-hydrogen) atoms. The van der Waals surface area contributed by atoms with Crippen molar-refractivity contribution in [3.8, 4) is 6.07 Å². The number of halogens is 2. The Balaban J connectivity index is 1.90. The number of carbonyl (C=O) groups excluding carboxylic acids is 1. The third-order valence-electron chi connectivity index (χ3n) is 4.17. The highest BCUT2D eigenvalue weighted by Gasteiger charge is 2.33. The molecule has 0 bridgehead atoms. The summed E-state index contributed by atoms with van der Waals surface area (Å²) in [4.78, 5) is 16.6. The molecule has 0 spiro atoms. The van der Waals surface area contributed by atoms with Crippen molar-refractivity contribution in [1.82, 2.24) is 0 Å². The van der Waals surface area contributed by atoms with Crippen molar-refractivity contribution in [2.24, 2.45) is 10.7 Å². The van der Waals surface area contributed by atoms with Crippen molar-refractivity contribution in [1.29, 1.82) is 5.26 Å². The second-order valence-corrected chi connectivity index (χ2v) is 6.32. The number of anilines is 1. The van der Waals surface area contributed by atoms with Crippen molar-refractivity contribution in [2.45, 2.75) is 12.5 Å². The third kappa shape index (κ3) is 3.78. The number of hydrogen-bond donors (Lipinski definition) is 2. The number of amidine groups is 1. The first-order valence-corrected chi connectivity index (χ1v) is 8.05. The lowest BCUT2D eigenvalue weighted by Gasteiger charge is -2.30. The number of rotatable bonds is 3. The van der Waals surface area contributed by atoms with Gasteiger partial charge in [0.2, 0.25) is 0 Å². The number of nitriles is 1. The van der Waals surface area contributed by atoms with E-state index in [0.717, 1.165) is 6.07 Å². The Morgan fingerprint density at radius 3 is 2.74 bits per heavy atom. The first-order valence-electron chi connectivity index (χ1n) is 8.05. The molecule has 2 aromatic carbocycles. The highest BCUT2D eigenvalue weighted by atomic mass is 19.1. The maximum absolute atomic E-state index is 14.4.